The Morgan fingerprint density at radius 2 is 1.94 bits per heavy atom. The molecule has 1 aromatic carbocycles. The molecule has 0 unspecified atom stereocenters. The molecule has 0 aliphatic heterocycles. The Kier molecular flexibility index (Phi) is 4.74. The predicted octanol–water partition coefficient (Wildman–Crippen LogP) is 1.51. The minimum absolute atomic E-state index is 0.00154. The van der Waals surface area contributed by atoms with Crippen LogP contribution in [0.5, 0.6) is 0 Å². The van der Waals surface area contributed by atoms with Gasteiger partial charge in [0.2, 0.25) is 0 Å². The van der Waals surface area contributed by atoms with Crippen LogP contribution in [0.25, 0.3) is 0 Å². The first-order valence-electron chi connectivity index (χ1n) is 5.53. The highest BCUT2D eigenvalue weighted by Crippen LogP contribution is 2.08. The maximum absolute atomic E-state index is 12.0. The Bertz CT molecular complexity index is 438. The van der Waals surface area contributed by atoms with E-state index < -0.39 is 0 Å². The van der Waals surface area contributed by atoms with Crippen LogP contribution in [0, 0.1) is 11.8 Å². The van der Waals surface area contributed by atoms with Gasteiger partial charge in [-0.05, 0) is 38.1 Å². The number of nitrogens with zero attached hydrogens (tertiary/aromatic N) is 1. The van der Waals surface area contributed by atoms with Gasteiger partial charge in [-0.25, -0.2) is 0 Å². The summed E-state index contributed by atoms with van der Waals surface area (Å²) in [5, 5.41) is 8.57. The van der Waals surface area contributed by atoms with Crippen LogP contribution >= 0.6 is 0 Å². The van der Waals surface area contributed by atoms with Crippen molar-refractivity contribution in [2.45, 2.75) is 19.9 Å². The van der Waals surface area contributed by atoms with Gasteiger partial charge in [0.05, 0.1) is 0 Å². The third-order valence-corrected chi connectivity index (χ3v) is 2.54. The summed E-state index contributed by atoms with van der Waals surface area (Å²) in [5.41, 5.74) is 1.44. The van der Waals surface area contributed by atoms with Crippen LogP contribution in [0.2, 0.25) is 0 Å². The summed E-state index contributed by atoms with van der Waals surface area (Å²) in [6.45, 7) is 3.79. The molecule has 0 saturated carbocycles. The first-order chi connectivity index (χ1) is 8.06. The van der Waals surface area contributed by atoms with Gasteiger partial charge in [0.15, 0.2) is 0 Å². The molecule has 0 aromatic heterocycles. The quantitative estimate of drug-likeness (QED) is 0.784. The van der Waals surface area contributed by atoms with E-state index in [0.29, 0.717) is 5.56 Å². The van der Waals surface area contributed by atoms with E-state index in [9.17, 15) is 4.79 Å². The van der Waals surface area contributed by atoms with E-state index in [1.54, 1.807) is 36.2 Å². The monoisotopic (exact) mass is 231 g/mol. The highest BCUT2D eigenvalue weighted by Gasteiger charge is 2.13. The van der Waals surface area contributed by atoms with Crippen LogP contribution in [-0.2, 0) is 0 Å². The maximum atomic E-state index is 12.0. The minimum Gasteiger partial charge on any atom is -0.384 e. The lowest BCUT2D eigenvalue weighted by molar-refractivity contribution is 0.0755. The molecule has 0 aliphatic carbocycles. The Balaban J connectivity index is 2.84. The number of hydrogen-bond donors (Lipinski definition) is 1. The molecule has 0 saturated heterocycles. The zero-order chi connectivity index (χ0) is 12.8. The second kappa shape index (κ2) is 6.07. The first-order valence-corrected chi connectivity index (χ1v) is 5.53. The Morgan fingerprint density at radius 1 is 1.35 bits per heavy atom. The molecule has 1 amide bonds. The van der Waals surface area contributed by atoms with Crippen LogP contribution < -0.4 is 0 Å². The van der Waals surface area contributed by atoms with Crippen LogP contribution in [0.15, 0.2) is 24.3 Å². The Morgan fingerprint density at radius 3 is 2.41 bits per heavy atom. The van der Waals surface area contributed by atoms with Crippen LogP contribution in [0.4, 0.5) is 0 Å². The fourth-order valence-corrected chi connectivity index (χ4v) is 1.28. The number of benzene rings is 1. The van der Waals surface area contributed by atoms with Crippen molar-refractivity contribution in [2.75, 3.05) is 13.7 Å². The zero-order valence-electron chi connectivity index (χ0n) is 10.4. The van der Waals surface area contributed by atoms with Crippen molar-refractivity contribution < 1.29 is 9.90 Å². The molecule has 0 atom stereocenters. The van der Waals surface area contributed by atoms with Crippen molar-refractivity contribution in [3.63, 3.8) is 0 Å². The summed E-state index contributed by atoms with van der Waals surface area (Å²) >= 11 is 0. The summed E-state index contributed by atoms with van der Waals surface area (Å²) in [4.78, 5) is 13.7. The van der Waals surface area contributed by atoms with Crippen molar-refractivity contribution in [3.05, 3.63) is 35.4 Å². The van der Waals surface area contributed by atoms with E-state index in [4.69, 9.17) is 5.11 Å². The number of rotatable bonds is 2. The molecule has 0 bridgehead atoms. The smallest absolute Gasteiger partial charge is 0.253 e. The van der Waals surface area contributed by atoms with Crippen molar-refractivity contribution in [1.82, 2.24) is 4.90 Å². The summed E-state index contributed by atoms with van der Waals surface area (Å²) in [5.74, 6) is 5.35. The van der Waals surface area contributed by atoms with Gasteiger partial charge in [-0.3, -0.25) is 4.79 Å². The zero-order valence-corrected chi connectivity index (χ0v) is 10.4. The highest BCUT2D eigenvalue weighted by molar-refractivity contribution is 5.94. The van der Waals surface area contributed by atoms with Crippen LogP contribution in [-0.4, -0.2) is 35.6 Å². The Labute approximate surface area is 102 Å². The number of aliphatic hydroxyl groups excluding tert-OH is 1. The van der Waals surface area contributed by atoms with Gasteiger partial charge < -0.3 is 10.0 Å². The number of aliphatic hydroxyl groups is 1. The van der Waals surface area contributed by atoms with Crippen molar-refractivity contribution >= 4 is 5.91 Å². The molecule has 1 rings (SSSR count). The number of carbonyl (C=O) groups is 1. The normalized spacial score (nSPS) is 9.71. The second-order valence-electron chi connectivity index (χ2n) is 4.05. The molecule has 1 aromatic rings. The molecule has 0 fully saturated rings. The van der Waals surface area contributed by atoms with Gasteiger partial charge in [-0.1, -0.05) is 11.8 Å². The van der Waals surface area contributed by atoms with Gasteiger partial charge in [0, 0.05) is 24.2 Å². The third-order valence-electron chi connectivity index (χ3n) is 2.54. The average Bonchev–Trinajstić information content (AvgIpc) is 2.35. The molecule has 3 heteroatoms. The average molecular weight is 231 g/mol. The lowest BCUT2D eigenvalue weighted by Crippen LogP contribution is -2.32. The molecule has 1 N–H and O–H groups in total. The fraction of sp³-hybridized carbons (Fsp3) is 0.357. The number of amides is 1. The molecule has 0 heterocycles. The van der Waals surface area contributed by atoms with E-state index in [1.165, 1.54) is 0 Å². The Hall–Kier alpha value is -1.79. The van der Waals surface area contributed by atoms with E-state index in [-0.39, 0.29) is 18.6 Å². The number of carbonyl (C=O) groups excluding carboxylic acids is 1. The molecular formula is C14H17NO2. The van der Waals surface area contributed by atoms with Crippen molar-refractivity contribution in [3.8, 4) is 11.8 Å². The number of hydrogen-bond acceptors (Lipinski definition) is 2. The van der Waals surface area contributed by atoms with E-state index in [0.717, 1.165) is 5.56 Å². The van der Waals surface area contributed by atoms with E-state index in [2.05, 4.69) is 11.8 Å². The molecule has 0 radical (unpaired) electrons. The summed E-state index contributed by atoms with van der Waals surface area (Å²) in [7, 11) is 1.78. The fourth-order valence-electron chi connectivity index (χ4n) is 1.28. The third kappa shape index (κ3) is 3.61. The largest absolute Gasteiger partial charge is 0.384 e. The lowest BCUT2D eigenvalue weighted by Gasteiger charge is -2.21. The maximum Gasteiger partial charge on any atom is 0.253 e. The molecule has 17 heavy (non-hydrogen) atoms. The standard InChI is InChI=1S/C14H17NO2/c1-11(2)15(3)14(17)13-8-6-12(7-9-13)5-4-10-16/h6-9,11,16H,10H2,1-3H3. The molecule has 0 spiro atoms. The molecule has 0 aliphatic rings. The van der Waals surface area contributed by atoms with E-state index in [1.807, 2.05) is 13.8 Å². The molecule has 90 valence electrons. The summed E-state index contributed by atoms with van der Waals surface area (Å²) in [6, 6.07) is 7.25. The van der Waals surface area contributed by atoms with Crippen LogP contribution in [0.1, 0.15) is 29.8 Å². The van der Waals surface area contributed by atoms with Gasteiger partial charge in [-0.2, -0.15) is 0 Å². The van der Waals surface area contributed by atoms with Gasteiger partial charge in [0.25, 0.3) is 5.91 Å². The summed E-state index contributed by atoms with van der Waals surface area (Å²) in [6.07, 6.45) is 0. The van der Waals surface area contributed by atoms with Gasteiger partial charge >= 0.3 is 0 Å². The topological polar surface area (TPSA) is 40.5 Å². The van der Waals surface area contributed by atoms with Crippen molar-refractivity contribution in [1.29, 1.82) is 0 Å². The predicted molar refractivity (Wildman–Crippen MR) is 67.6 cm³/mol. The highest BCUT2D eigenvalue weighted by atomic mass is 16.2. The first kappa shape index (κ1) is 13.3. The van der Waals surface area contributed by atoms with E-state index >= 15 is 0 Å². The second-order valence-corrected chi connectivity index (χ2v) is 4.05. The molecular weight excluding hydrogens is 214 g/mol. The summed E-state index contributed by atoms with van der Waals surface area (Å²) < 4.78 is 0. The lowest BCUT2D eigenvalue weighted by atomic mass is 10.1. The SMILES string of the molecule is CC(C)N(C)C(=O)c1ccc(C#CCO)cc1. The van der Waals surface area contributed by atoms with Gasteiger partial charge in [-0.15, -0.1) is 0 Å². The minimum atomic E-state index is -0.156. The molecule has 3 nitrogen and oxygen atoms in total. The van der Waals surface area contributed by atoms with Crippen LogP contribution in [0.3, 0.4) is 0 Å². The van der Waals surface area contributed by atoms with Gasteiger partial charge in [0.1, 0.15) is 6.61 Å². The van der Waals surface area contributed by atoms with Crippen molar-refractivity contribution in [2.24, 2.45) is 0 Å².